The van der Waals surface area contributed by atoms with Crippen LogP contribution in [0.3, 0.4) is 0 Å². The molecular weight excluding hydrogens is 371 g/mol. The summed E-state index contributed by atoms with van der Waals surface area (Å²) in [7, 11) is 0. The molecule has 1 saturated carbocycles. The minimum Gasteiger partial charge on any atom is -0.236 e. The molecular formula is C27H39FN2. The van der Waals surface area contributed by atoms with Crippen molar-refractivity contribution in [3.63, 3.8) is 0 Å². The summed E-state index contributed by atoms with van der Waals surface area (Å²) < 4.78 is 13.1. The monoisotopic (exact) mass is 410 g/mol. The van der Waals surface area contributed by atoms with Gasteiger partial charge in [0.15, 0.2) is 5.82 Å². The van der Waals surface area contributed by atoms with Gasteiger partial charge < -0.3 is 0 Å². The fraction of sp³-hybridized carbons (Fsp3) is 0.630. The van der Waals surface area contributed by atoms with Crippen molar-refractivity contribution in [2.45, 2.75) is 96.8 Å². The van der Waals surface area contributed by atoms with Crippen LogP contribution >= 0.6 is 0 Å². The van der Waals surface area contributed by atoms with Crippen LogP contribution < -0.4 is 0 Å². The number of unbranched alkanes of at least 4 members (excludes halogenated alkanes) is 6. The molecule has 0 radical (unpaired) electrons. The van der Waals surface area contributed by atoms with E-state index >= 15 is 0 Å². The number of aromatic nitrogens is 2. The number of rotatable bonds is 12. The fourth-order valence-electron chi connectivity index (χ4n) is 4.80. The van der Waals surface area contributed by atoms with Crippen LogP contribution in [0.25, 0.3) is 11.4 Å². The van der Waals surface area contributed by atoms with E-state index in [9.17, 15) is 4.39 Å². The topological polar surface area (TPSA) is 25.8 Å². The van der Waals surface area contributed by atoms with E-state index < -0.39 is 0 Å². The zero-order valence-corrected chi connectivity index (χ0v) is 18.8. The minimum absolute atomic E-state index is 0.229. The third kappa shape index (κ3) is 7.81. The van der Waals surface area contributed by atoms with Crippen LogP contribution in [0.15, 0.2) is 36.7 Å². The highest BCUT2D eigenvalue weighted by Gasteiger charge is 2.20. The van der Waals surface area contributed by atoms with Gasteiger partial charge in [-0.25, -0.2) is 14.4 Å². The molecule has 0 aliphatic heterocycles. The summed E-state index contributed by atoms with van der Waals surface area (Å²) in [4.78, 5) is 8.97. The number of halogens is 1. The molecule has 3 rings (SSSR count). The lowest BCUT2D eigenvalue weighted by Gasteiger charge is -2.28. The maximum absolute atomic E-state index is 13.1. The second-order valence-electron chi connectivity index (χ2n) is 9.26. The van der Waals surface area contributed by atoms with Crippen LogP contribution in [0.5, 0.6) is 0 Å². The van der Waals surface area contributed by atoms with E-state index in [4.69, 9.17) is 0 Å². The van der Waals surface area contributed by atoms with Gasteiger partial charge in [-0.15, -0.1) is 0 Å². The molecule has 1 aromatic heterocycles. The van der Waals surface area contributed by atoms with Crippen molar-refractivity contribution in [1.82, 2.24) is 9.97 Å². The van der Waals surface area contributed by atoms with Gasteiger partial charge in [0.1, 0.15) is 5.82 Å². The van der Waals surface area contributed by atoms with Gasteiger partial charge in [-0.1, -0.05) is 84.0 Å². The van der Waals surface area contributed by atoms with E-state index in [-0.39, 0.29) is 5.82 Å². The molecule has 0 N–H and O–H groups in total. The molecule has 1 aromatic carbocycles. The van der Waals surface area contributed by atoms with Gasteiger partial charge in [-0.3, -0.25) is 0 Å². The maximum Gasteiger partial charge on any atom is 0.159 e. The molecule has 0 atom stereocenters. The average molecular weight is 411 g/mol. The van der Waals surface area contributed by atoms with E-state index in [1.54, 1.807) is 12.1 Å². The Morgan fingerprint density at radius 1 is 0.767 bits per heavy atom. The Bertz CT molecular complexity index is 703. The highest BCUT2D eigenvalue weighted by Crippen LogP contribution is 2.34. The molecule has 1 aliphatic carbocycles. The molecule has 3 heteroatoms. The van der Waals surface area contributed by atoms with Crippen molar-refractivity contribution in [3.8, 4) is 11.4 Å². The first-order chi connectivity index (χ1) is 14.7. The number of aryl methyl sites for hydroxylation is 1. The molecule has 1 heterocycles. The van der Waals surface area contributed by atoms with Crippen molar-refractivity contribution < 1.29 is 4.39 Å². The molecule has 0 bridgehead atoms. The summed E-state index contributed by atoms with van der Waals surface area (Å²) in [6, 6.07) is 6.37. The number of hydrogen-bond donors (Lipinski definition) is 0. The molecule has 164 valence electrons. The Morgan fingerprint density at radius 3 is 1.97 bits per heavy atom. The molecule has 1 aliphatic rings. The van der Waals surface area contributed by atoms with Gasteiger partial charge in [-0.2, -0.15) is 0 Å². The van der Waals surface area contributed by atoms with E-state index in [0.29, 0.717) is 5.82 Å². The molecule has 0 spiro atoms. The normalized spacial score (nSPS) is 19.1. The van der Waals surface area contributed by atoms with E-state index in [0.717, 1.165) is 23.8 Å². The molecule has 0 unspecified atom stereocenters. The summed E-state index contributed by atoms with van der Waals surface area (Å²) in [5.41, 5.74) is 2.08. The van der Waals surface area contributed by atoms with Crippen LogP contribution in [0.2, 0.25) is 0 Å². The molecule has 30 heavy (non-hydrogen) atoms. The van der Waals surface area contributed by atoms with Crippen LogP contribution in [0, 0.1) is 17.7 Å². The smallest absolute Gasteiger partial charge is 0.159 e. The standard InChI is InChI=1S/C27H39FN2/c1-2-3-4-5-6-7-8-9-22-10-12-23(13-11-22)14-15-24-20-29-27(30-21-24)25-16-18-26(28)19-17-25/h16-23H,2-15H2,1H3/t22-,23-. The zero-order chi connectivity index (χ0) is 21.0. The quantitative estimate of drug-likeness (QED) is 0.330. The van der Waals surface area contributed by atoms with Gasteiger partial charge in [0.2, 0.25) is 0 Å². The minimum atomic E-state index is -0.229. The molecule has 2 aromatic rings. The second kappa shape index (κ2) is 12.8. The molecule has 1 fully saturated rings. The number of nitrogens with zero attached hydrogens (tertiary/aromatic N) is 2. The second-order valence-corrected chi connectivity index (χ2v) is 9.26. The van der Waals surface area contributed by atoms with Crippen molar-refractivity contribution in [2.24, 2.45) is 11.8 Å². The van der Waals surface area contributed by atoms with Crippen LogP contribution in [-0.4, -0.2) is 9.97 Å². The Kier molecular flexibility index (Phi) is 9.79. The van der Waals surface area contributed by atoms with Gasteiger partial charge in [0.25, 0.3) is 0 Å². The fourth-order valence-corrected chi connectivity index (χ4v) is 4.80. The Morgan fingerprint density at radius 2 is 1.33 bits per heavy atom. The number of benzene rings is 1. The molecule has 0 saturated heterocycles. The number of hydrogen-bond acceptors (Lipinski definition) is 2. The zero-order valence-electron chi connectivity index (χ0n) is 18.8. The van der Waals surface area contributed by atoms with E-state index in [1.165, 1.54) is 101 Å². The maximum atomic E-state index is 13.1. The van der Waals surface area contributed by atoms with Crippen molar-refractivity contribution >= 4 is 0 Å². The predicted molar refractivity (Wildman–Crippen MR) is 124 cm³/mol. The van der Waals surface area contributed by atoms with Crippen LogP contribution in [0.1, 0.15) is 96.0 Å². The lowest BCUT2D eigenvalue weighted by molar-refractivity contribution is 0.248. The Balaban J connectivity index is 1.29. The SMILES string of the molecule is CCCCCCCCC[C@H]1CC[C@H](CCc2cnc(-c3ccc(F)cc3)nc2)CC1. The van der Waals surface area contributed by atoms with E-state index in [2.05, 4.69) is 16.9 Å². The predicted octanol–water partition coefficient (Wildman–Crippen LogP) is 8.16. The first-order valence-electron chi connectivity index (χ1n) is 12.3. The summed E-state index contributed by atoms with van der Waals surface area (Å²) in [6.45, 7) is 2.29. The summed E-state index contributed by atoms with van der Waals surface area (Å²) in [5.74, 6) is 2.29. The molecule has 0 amide bonds. The third-order valence-corrected chi connectivity index (χ3v) is 6.83. The van der Waals surface area contributed by atoms with E-state index in [1.807, 2.05) is 12.4 Å². The van der Waals surface area contributed by atoms with Gasteiger partial charge >= 0.3 is 0 Å². The largest absolute Gasteiger partial charge is 0.236 e. The Hall–Kier alpha value is -1.77. The third-order valence-electron chi connectivity index (χ3n) is 6.83. The summed E-state index contributed by atoms with van der Waals surface area (Å²) in [6.07, 6.45) is 23.3. The summed E-state index contributed by atoms with van der Waals surface area (Å²) in [5, 5.41) is 0. The average Bonchev–Trinajstić information content (AvgIpc) is 2.79. The highest BCUT2D eigenvalue weighted by molar-refractivity contribution is 5.54. The first-order valence-corrected chi connectivity index (χ1v) is 12.3. The summed E-state index contributed by atoms with van der Waals surface area (Å²) >= 11 is 0. The lowest BCUT2D eigenvalue weighted by Crippen LogP contribution is -2.15. The van der Waals surface area contributed by atoms with Crippen molar-refractivity contribution in [2.75, 3.05) is 0 Å². The Labute approximate surface area is 182 Å². The van der Waals surface area contributed by atoms with Gasteiger partial charge in [0, 0.05) is 18.0 Å². The lowest BCUT2D eigenvalue weighted by atomic mass is 9.78. The van der Waals surface area contributed by atoms with Crippen LogP contribution in [-0.2, 0) is 6.42 Å². The van der Waals surface area contributed by atoms with Crippen LogP contribution in [0.4, 0.5) is 4.39 Å². The van der Waals surface area contributed by atoms with Gasteiger partial charge in [0.05, 0.1) is 0 Å². The van der Waals surface area contributed by atoms with Crippen molar-refractivity contribution in [1.29, 1.82) is 0 Å². The molecule has 2 nitrogen and oxygen atoms in total. The first kappa shape index (κ1) is 22.9. The van der Waals surface area contributed by atoms with Gasteiger partial charge in [-0.05, 0) is 54.5 Å². The highest BCUT2D eigenvalue weighted by atomic mass is 19.1. The van der Waals surface area contributed by atoms with Crippen molar-refractivity contribution in [3.05, 3.63) is 48.0 Å².